The molecule has 1 atom stereocenters. The van der Waals surface area contributed by atoms with E-state index in [-0.39, 0.29) is 5.41 Å². The van der Waals surface area contributed by atoms with E-state index in [1.165, 1.54) is 24.2 Å². The molecule has 3 aromatic rings. The fraction of sp³-hybridized carbons (Fsp3) is 0.440. The summed E-state index contributed by atoms with van der Waals surface area (Å²) in [4.78, 5) is 9.59. The normalized spacial score (nSPS) is 22.4. The van der Waals surface area contributed by atoms with Gasteiger partial charge in [0.2, 0.25) is 5.95 Å². The molecule has 7 heteroatoms. The molecule has 6 rings (SSSR count). The second-order valence-electron chi connectivity index (χ2n) is 9.43. The topological polar surface area (TPSA) is 58.5 Å². The second-order valence-corrected chi connectivity index (χ2v) is 9.43. The van der Waals surface area contributed by atoms with Gasteiger partial charge in [-0.2, -0.15) is 4.98 Å². The number of likely N-dealkylation sites (N-methyl/N-ethyl adjacent to an activating group) is 1. The molecule has 1 unspecified atom stereocenters. The highest BCUT2D eigenvalue weighted by Gasteiger charge is 2.46. The molecule has 0 bridgehead atoms. The van der Waals surface area contributed by atoms with Gasteiger partial charge in [0.15, 0.2) is 0 Å². The molecule has 0 saturated carbocycles. The van der Waals surface area contributed by atoms with E-state index in [2.05, 4.69) is 50.4 Å². The van der Waals surface area contributed by atoms with Gasteiger partial charge in [-0.3, -0.25) is 0 Å². The molecule has 0 radical (unpaired) electrons. The maximum Gasteiger partial charge on any atom is 0.246 e. The van der Waals surface area contributed by atoms with E-state index in [0.717, 1.165) is 50.5 Å². The van der Waals surface area contributed by atoms with Crippen LogP contribution in [0.4, 0.5) is 17.3 Å². The number of nitrogens with zero attached hydrogens (tertiary/aromatic N) is 5. The third-order valence-corrected chi connectivity index (χ3v) is 7.38. The lowest BCUT2D eigenvalue weighted by Crippen LogP contribution is -2.43. The predicted octanol–water partition coefficient (Wildman–Crippen LogP) is 3.58. The first kappa shape index (κ1) is 19.8. The number of fused-ring (bicyclic) bond motifs is 2. The molecule has 4 heterocycles. The minimum absolute atomic E-state index is 0.223. The van der Waals surface area contributed by atoms with E-state index in [9.17, 15) is 0 Å². The van der Waals surface area contributed by atoms with Crippen LogP contribution in [-0.2, 0) is 10.2 Å². The van der Waals surface area contributed by atoms with Crippen molar-refractivity contribution in [2.75, 3.05) is 50.1 Å². The molecule has 1 N–H and O–H groups in total. The number of hydrogen-bond acceptors (Lipinski definition) is 6. The minimum Gasteiger partial charge on any atom is -0.381 e. The maximum absolute atomic E-state index is 5.73. The molecule has 1 spiro atoms. The first-order valence-corrected chi connectivity index (χ1v) is 11.6. The van der Waals surface area contributed by atoms with Crippen LogP contribution in [0, 0.1) is 0 Å². The molecule has 7 nitrogen and oxygen atoms in total. The van der Waals surface area contributed by atoms with Crippen LogP contribution in [0.2, 0.25) is 0 Å². The van der Waals surface area contributed by atoms with Crippen LogP contribution >= 0.6 is 0 Å². The Bertz CT molecular complexity index is 1090. The van der Waals surface area contributed by atoms with Crippen LogP contribution in [0.15, 0.2) is 54.9 Å². The van der Waals surface area contributed by atoms with Crippen molar-refractivity contribution in [3.05, 3.63) is 60.4 Å². The molecule has 2 fully saturated rings. The van der Waals surface area contributed by atoms with Crippen molar-refractivity contribution in [2.24, 2.45) is 0 Å². The third-order valence-electron chi connectivity index (χ3n) is 7.38. The number of rotatable bonds is 4. The molecular formula is C25H30N6O. The van der Waals surface area contributed by atoms with E-state index in [1.54, 1.807) is 11.0 Å². The lowest BCUT2D eigenvalue weighted by Gasteiger charge is -2.35. The van der Waals surface area contributed by atoms with Crippen LogP contribution < -0.4 is 10.2 Å². The summed E-state index contributed by atoms with van der Waals surface area (Å²) in [5, 5.41) is 8.05. The summed E-state index contributed by atoms with van der Waals surface area (Å²) in [6.07, 6.45) is 5.19. The van der Waals surface area contributed by atoms with Crippen molar-refractivity contribution in [3.63, 3.8) is 0 Å². The SMILES string of the molecule is CN1CCC(N2CC3(CCOCC3)c3ccc(Nc4ncn(-c5ccccc5)n4)cc32)C1. The van der Waals surface area contributed by atoms with E-state index >= 15 is 0 Å². The van der Waals surface area contributed by atoms with Gasteiger partial charge in [0.1, 0.15) is 6.33 Å². The largest absolute Gasteiger partial charge is 0.381 e. The van der Waals surface area contributed by atoms with Gasteiger partial charge in [0.25, 0.3) is 0 Å². The number of para-hydroxylation sites is 1. The number of ether oxygens (including phenoxy) is 1. The number of aromatic nitrogens is 3. The summed E-state index contributed by atoms with van der Waals surface area (Å²) >= 11 is 0. The Hall–Kier alpha value is -2.90. The first-order chi connectivity index (χ1) is 15.7. The van der Waals surface area contributed by atoms with Crippen LogP contribution in [0.1, 0.15) is 24.8 Å². The number of nitrogens with one attached hydrogen (secondary N) is 1. The fourth-order valence-electron chi connectivity index (χ4n) is 5.63. The van der Waals surface area contributed by atoms with E-state index in [0.29, 0.717) is 12.0 Å². The Labute approximate surface area is 189 Å². The highest BCUT2D eigenvalue weighted by molar-refractivity contribution is 5.71. The number of likely N-dealkylation sites (tertiary alicyclic amines) is 1. The number of anilines is 3. The van der Waals surface area contributed by atoms with Crippen LogP contribution in [0.5, 0.6) is 0 Å². The second kappa shape index (κ2) is 7.90. The molecule has 0 aliphatic carbocycles. The van der Waals surface area contributed by atoms with Crippen molar-refractivity contribution in [1.29, 1.82) is 0 Å². The summed E-state index contributed by atoms with van der Waals surface area (Å²) < 4.78 is 7.53. The highest BCUT2D eigenvalue weighted by Crippen LogP contribution is 2.49. The average molecular weight is 431 g/mol. The Kier molecular flexibility index (Phi) is 4.88. The molecule has 1 aromatic heterocycles. The zero-order chi connectivity index (χ0) is 21.5. The standard InChI is InChI=1S/C25H30N6O/c1-29-12-9-21(16-29)30-17-25(10-13-32-14-11-25)22-8-7-19(15-23(22)30)27-24-26-18-31(28-24)20-5-3-2-4-6-20/h2-8,15,18,21H,9-14,16-17H2,1H3,(H,27,28). The summed E-state index contributed by atoms with van der Waals surface area (Å²) in [7, 11) is 2.23. The summed E-state index contributed by atoms with van der Waals surface area (Å²) in [5.41, 5.74) is 5.12. The van der Waals surface area contributed by atoms with Crippen molar-refractivity contribution >= 4 is 17.3 Å². The molecule has 3 aliphatic heterocycles. The monoisotopic (exact) mass is 430 g/mol. The summed E-state index contributed by atoms with van der Waals surface area (Å²) in [5.74, 6) is 0.611. The van der Waals surface area contributed by atoms with E-state index in [1.807, 2.05) is 30.3 Å². The molecular weight excluding hydrogens is 400 g/mol. The van der Waals surface area contributed by atoms with Gasteiger partial charge in [-0.05, 0) is 62.7 Å². The summed E-state index contributed by atoms with van der Waals surface area (Å²) in [6, 6.07) is 17.5. The first-order valence-electron chi connectivity index (χ1n) is 11.6. The van der Waals surface area contributed by atoms with Gasteiger partial charge in [-0.25, -0.2) is 4.68 Å². The quantitative estimate of drug-likeness (QED) is 0.683. The fourth-order valence-corrected chi connectivity index (χ4v) is 5.63. The van der Waals surface area contributed by atoms with Crippen LogP contribution in [0.3, 0.4) is 0 Å². The molecule has 0 amide bonds. The lowest BCUT2D eigenvalue weighted by molar-refractivity contribution is 0.0550. The molecule has 166 valence electrons. The van der Waals surface area contributed by atoms with Crippen molar-refractivity contribution in [2.45, 2.75) is 30.7 Å². The van der Waals surface area contributed by atoms with Crippen LogP contribution in [0.25, 0.3) is 5.69 Å². The van der Waals surface area contributed by atoms with Crippen molar-refractivity contribution in [3.8, 4) is 5.69 Å². The highest BCUT2D eigenvalue weighted by atomic mass is 16.5. The lowest BCUT2D eigenvalue weighted by atomic mass is 9.76. The Morgan fingerprint density at radius 1 is 1.09 bits per heavy atom. The minimum atomic E-state index is 0.223. The van der Waals surface area contributed by atoms with E-state index < -0.39 is 0 Å². The van der Waals surface area contributed by atoms with E-state index in [4.69, 9.17) is 4.74 Å². The predicted molar refractivity (Wildman–Crippen MR) is 126 cm³/mol. The molecule has 2 aromatic carbocycles. The van der Waals surface area contributed by atoms with Gasteiger partial charge < -0.3 is 19.9 Å². The third kappa shape index (κ3) is 3.45. The Morgan fingerprint density at radius 3 is 2.72 bits per heavy atom. The molecule has 2 saturated heterocycles. The average Bonchev–Trinajstić information content (AvgIpc) is 3.54. The van der Waals surface area contributed by atoms with Gasteiger partial charge in [-0.1, -0.05) is 24.3 Å². The van der Waals surface area contributed by atoms with Gasteiger partial charge >= 0.3 is 0 Å². The smallest absolute Gasteiger partial charge is 0.246 e. The number of hydrogen-bond donors (Lipinski definition) is 1. The zero-order valence-electron chi connectivity index (χ0n) is 18.6. The van der Waals surface area contributed by atoms with Gasteiger partial charge in [0, 0.05) is 49.1 Å². The van der Waals surface area contributed by atoms with Gasteiger partial charge in [0.05, 0.1) is 5.69 Å². The van der Waals surface area contributed by atoms with Gasteiger partial charge in [-0.15, -0.1) is 5.10 Å². The Morgan fingerprint density at radius 2 is 1.94 bits per heavy atom. The zero-order valence-corrected chi connectivity index (χ0v) is 18.6. The number of benzene rings is 2. The molecule has 3 aliphatic rings. The summed E-state index contributed by atoms with van der Waals surface area (Å²) in [6.45, 7) is 5.13. The Balaban J connectivity index is 1.30. The molecule has 32 heavy (non-hydrogen) atoms. The van der Waals surface area contributed by atoms with Crippen LogP contribution in [-0.4, -0.2) is 65.6 Å². The van der Waals surface area contributed by atoms with Crippen molar-refractivity contribution in [1.82, 2.24) is 19.7 Å². The van der Waals surface area contributed by atoms with Crippen molar-refractivity contribution < 1.29 is 4.74 Å². The maximum atomic E-state index is 5.73.